The van der Waals surface area contributed by atoms with Gasteiger partial charge in [-0.15, -0.1) is 0 Å². The maximum Gasteiger partial charge on any atom is 0.423 e. The number of amides is 1. The van der Waals surface area contributed by atoms with Crippen LogP contribution in [0, 0.1) is 6.92 Å². The zero-order valence-corrected chi connectivity index (χ0v) is 17.7. The summed E-state index contributed by atoms with van der Waals surface area (Å²) < 4.78 is 41.2. The molecule has 0 fully saturated rings. The number of aliphatic hydroxyl groups is 1. The maximum absolute atomic E-state index is 13.7. The van der Waals surface area contributed by atoms with E-state index < -0.39 is 23.9 Å². The number of carbonyl (C=O) groups excluding carboxylic acids is 1. The number of rotatable bonds is 6. The normalized spacial score (nSPS) is 13.7. The standard InChI is InChI=1S/C19H18Cl3F3N2O2/c1-10-5-14(4-3-12(10)8-26-11(2)28)27-9-18(29,19(23,24)25)13-6-15(20)17(22)16(21)7-13/h3-7,27,29H,8-9H2,1-2H3,(H,26,28)/t18-/m1/s1. The van der Waals surface area contributed by atoms with Crippen molar-refractivity contribution in [3.63, 3.8) is 0 Å². The first kappa shape index (κ1) is 23.6. The van der Waals surface area contributed by atoms with Crippen LogP contribution in [0.5, 0.6) is 0 Å². The molecule has 0 bridgehead atoms. The molecule has 1 amide bonds. The second kappa shape index (κ2) is 9.00. The molecule has 0 unspecified atom stereocenters. The Morgan fingerprint density at radius 3 is 2.17 bits per heavy atom. The zero-order chi connectivity index (χ0) is 22.0. The summed E-state index contributed by atoms with van der Waals surface area (Å²) in [5, 5.41) is 15.2. The van der Waals surface area contributed by atoms with E-state index in [1.165, 1.54) is 6.92 Å². The highest BCUT2D eigenvalue weighted by Crippen LogP contribution is 2.43. The molecule has 3 N–H and O–H groups in total. The van der Waals surface area contributed by atoms with Gasteiger partial charge in [0.25, 0.3) is 0 Å². The van der Waals surface area contributed by atoms with Gasteiger partial charge >= 0.3 is 6.18 Å². The molecular weight excluding hydrogens is 452 g/mol. The van der Waals surface area contributed by atoms with Gasteiger partial charge in [0, 0.05) is 19.2 Å². The smallest absolute Gasteiger partial charge is 0.381 e. The third kappa shape index (κ3) is 5.48. The van der Waals surface area contributed by atoms with Crippen LogP contribution < -0.4 is 10.6 Å². The SMILES string of the molecule is CC(=O)NCc1ccc(NC[C@@](O)(c2cc(Cl)c(Cl)c(Cl)c2)C(F)(F)F)cc1C. The fourth-order valence-corrected chi connectivity index (χ4v) is 3.21. The van der Waals surface area contributed by atoms with Gasteiger partial charge in [-0.25, -0.2) is 0 Å². The van der Waals surface area contributed by atoms with Crippen LogP contribution in [0.2, 0.25) is 15.1 Å². The Kier molecular flexibility index (Phi) is 7.32. The van der Waals surface area contributed by atoms with Gasteiger partial charge < -0.3 is 15.7 Å². The first-order valence-corrected chi connectivity index (χ1v) is 9.50. The van der Waals surface area contributed by atoms with Crippen molar-refractivity contribution >= 4 is 46.4 Å². The number of hydrogen-bond donors (Lipinski definition) is 3. The molecule has 0 saturated carbocycles. The Labute approximate surface area is 181 Å². The fourth-order valence-electron chi connectivity index (χ4n) is 2.61. The van der Waals surface area contributed by atoms with Crippen molar-refractivity contribution < 1.29 is 23.1 Å². The zero-order valence-electron chi connectivity index (χ0n) is 15.4. The summed E-state index contributed by atoms with van der Waals surface area (Å²) in [4.78, 5) is 11.0. The molecule has 4 nitrogen and oxygen atoms in total. The molecule has 10 heteroatoms. The lowest BCUT2D eigenvalue weighted by molar-refractivity contribution is -0.260. The largest absolute Gasteiger partial charge is 0.423 e. The summed E-state index contributed by atoms with van der Waals surface area (Å²) in [5.41, 5.74) is -1.85. The number of carbonyl (C=O) groups is 1. The summed E-state index contributed by atoms with van der Waals surface area (Å²) in [6, 6.07) is 6.73. The van der Waals surface area contributed by atoms with E-state index in [0.717, 1.165) is 23.3 Å². The third-order valence-corrected chi connectivity index (χ3v) is 5.55. The van der Waals surface area contributed by atoms with Crippen LogP contribution in [0.3, 0.4) is 0 Å². The summed E-state index contributed by atoms with van der Waals surface area (Å²) >= 11 is 17.5. The highest BCUT2D eigenvalue weighted by atomic mass is 35.5. The van der Waals surface area contributed by atoms with E-state index in [-0.39, 0.29) is 21.0 Å². The Morgan fingerprint density at radius 2 is 1.69 bits per heavy atom. The lowest BCUT2D eigenvalue weighted by atomic mass is 9.92. The maximum atomic E-state index is 13.7. The van der Waals surface area contributed by atoms with Crippen molar-refractivity contribution in [3.8, 4) is 0 Å². The van der Waals surface area contributed by atoms with E-state index in [9.17, 15) is 23.1 Å². The summed E-state index contributed by atoms with van der Waals surface area (Å²) in [5.74, 6) is -0.192. The molecule has 0 aromatic heterocycles. The van der Waals surface area contributed by atoms with Crippen molar-refractivity contribution in [2.45, 2.75) is 32.2 Å². The molecule has 0 radical (unpaired) electrons. The van der Waals surface area contributed by atoms with Crippen LogP contribution in [0.15, 0.2) is 30.3 Å². The highest BCUT2D eigenvalue weighted by molar-refractivity contribution is 6.48. The van der Waals surface area contributed by atoms with E-state index >= 15 is 0 Å². The first-order chi connectivity index (χ1) is 13.3. The molecule has 158 valence electrons. The molecule has 2 aromatic rings. The van der Waals surface area contributed by atoms with Gasteiger partial charge in [0.05, 0.1) is 21.6 Å². The van der Waals surface area contributed by atoms with Crippen LogP contribution in [0.25, 0.3) is 0 Å². The second-order valence-corrected chi connectivity index (χ2v) is 7.71. The van der Waals surface area contributed by atoms with Crippen molar-refractivity contribution in [1.82, 2.24) is 5.32 Å². The number of alkyl halides is 3. The first-order valence-electron chi connectivity index (χ1n) is 8.37. The molecule has 0 saturated heterocycles. The van der Waals surface area contributed by atoms with Crippen molar-refractivity contribution in [2.24, 2.45) is 0 Å². The molecule has 0 aliphatic heterocycles. The van der Waals surface area contributed by atoms with Crippen LogP contribution >= 0.6 is 34.8 Å². The van der Waals surface area contributed by atoms with E-state index in [1.54, 1.807) is 25.1 Å². The Bertz CT molecular complexity index is 899. The fraction of sp³-hybridized carbons (Fsp3) is 0.316. The van der Waals surface area contributed by atoms with Crippen LogP contribution in [0.1, 0.15) is 23.6 Å². The van der Waals surface area contributed by atoms with E-state index in [2.05, 4.69) is 10.6 Å². The monoisotopic (exact) mass is 468 g/mol. The number of aryl methyl sites for hydroxylation is 1. The lowest BCUT2D eigenvalue weighted by Crippen LogP contribution is -2.47. The molecule has 0 spiro atoms. The van der Waals surface area contributed by atoms with E-state index in [0.29, 0.717) is 12.2 Å². The van der Waals surface area contributed by atoms with Gasteiger partial charge in [-0.2, -0.15) is 13.2 Å². The van der Waals surface area contributed by atoms with Crippen LogP contribution in [0.4, 0.5) is 18.9 Å². The molecule has 2 rings (SSSR count). The van der Waals surface area contributed by atoms with E-state index in [1.807, 2.05) is 0 Å². The van der Waals surface area contributed by atoms with Crippen LogP contribution in [-0.2, 0) is 16.9 Å². The molecule has 0 heterocycles. The van der Waals surface area contributed by atoms with E-state index in [4.69, 9.17) is 34.8 Å². The third-order valence-electron chi connectivity index (χ3n) is 4.35. The number of hydrogen-bond acceptors (Lipinski definition) is 3. The molecule has 0 aliphatic carbocycles. The van der Waals surface area contributed by atoms with Crippen molar-refractivity contribution in [1.29, 1.82) is 0 Å². The van der Waals surface area contributed by atoms with Gasteiger partial charge in [-0.3, -0.25) is 4.79 Å². The predicted molar refractivity (Wildman–Crippen MR) is 109 cm³/mol. The summed E-state index contributed by atoms with van der Waals surface area (Å²) in [6.45, 7) is 2.57. The van der Waals surface area contributed by atoms with Gasteiger partial charge in [-0.1, -0.05) is 40.9 Å². The van der Waals surface area contributed by atoms with Crippen molar-refractivity contribution in [2.75, 3.05) is 11.9 Å². The topological polar surface area (TPSA) is 61.4 Å². The van der Waals surface area contributed by atoms with Crippen molar-refractivity contribution in [3.05, 3.63) is 62.1 Å². The highest BCUT2D eigenvalue weighted by Gasteiger charge is 2.55. The average Bonchev–Trinajstić information content (AvgIpc) is 2.61. The lowest BCUT2D eigenvalue weighted by Gasteiger charge is -2.32. The summed E-state index contributed by atoms with van der Waals surface area (Å²) in [6.07, 6.45) is -5.01. The molecule has 0 aliphatic rings. The predicted octanol–water partition coefficient (Wildman–Crippen LogP) is 5.45. The number of nitrogens with one attached hydrogen (secondary N) is 2. The minimum atomic E-state index is -5.01. The number of halogens is 6. The summed E-state index contributed by atoms with van der Waals surface area (Å²) in [7, 11) is 0. The van der Waals surface area contributed by atoms with Gasteiger partial charge in [0.2, 0.25) is 11.5 Å². The van der Waals surface area contributed by atoms with Crippen LogP contribution in [-0.4, -0.2) is 23.7 Å². The Morgan fingerprint density at radius 1 is 1.10 bits per heavy atom. The van der Waals surface area contributed by atoms with Gasteiger partial charge in [0.15, 0.2) is 0 Å². The second-order valence-electron chi connectivity index (χ2n) is 6.52. The molecule has 1 atom stereocenters. The molecule has 29 heavy (non-hydrogen) atoms. The Balaban J connectivity index is 2.28. The average molecular weight is 470 g/mol. The minimum absolute atomic E-state index is 0.0973. The Hall–Kier alpha value is -1.67. The quantitative estimate of drug-likeness (QED) is 0.493. The number of anilines is 1. The number of benzene rings is 2. The van der Waals surface area contributed by atoms with Gasteiger partial charge in [0.1, 0.15) is 0 Å². The molecule has 2 aromatic carbocycles. The molecular formula is C19H18Cl3F3N2O2. The van der Waals surface area contributed by atoms with Gasteiger partial charge in [-0.05, 0) is 47.9 Å². The minimum Gasteiger partial charge on any atom is -0.381 e.